The fourth-order valence-electron chi connectivity index (χ4n) is 2.24. The van der Waals surface area contributed by atoms with E-state index in [4.69, 9.17) is 0 Å². The predicted octanol–water partition coefficient (Wildman–Crippen LogP) is 3.02. The second-order valence-corrected chi connectivity index (χ2v) is 3.99. The molecule has 0 atom stereocenters. The van der Waals surface area contributed by atoms with Crippen LogP contribution in [-0.4, -0.2) is 0 Å². The first kappa shape index (κ1) is 8.54. The molecule has 1 aliphatic heterocycles. The molecular weight excluding hydrogens is 182 g/mol. The van der Waals surface area contributed by atoms with E-state index in [1.165, 1.54) is 28.0 Å². The molecule has 1 aromatic rings. The van der Waals surface area contributed by atoms with Crippen molar-refractivity contribution in [3.8, 4) is 0 Å². The Bertz CT molecular complexity index is 504. The summed E-state index contributed by atoms with van der Waals surface area (Å²) < 4.78 is 0. The van der Waals surface area contributed by atoms with E-state index in [9.17, 15) is 0 Å². The Morgan fingerprint density at radius 2 is 2.07 bits per heavy atom. The molecule has 0 unspecified atom stereocenters. The lowest BCUT2D eigenvalue weighted by molar-refractivity contribution is 0.813. The van der Waals surface area contributed by atoms with Gasteiger partial charge in [0.1, 0.15) is 0 Å². The molecule has 1 aliphatic carbocycles. The lowest BCUT2D eigenvalue weighted by Crippen LogP contribution is -2.09. The van der Waals surface area contributed by atoms with Crippen LogP contribution in [0.15, 0.2) is 53.8 Å². The quantitative estimate of drug-likeness (QED) is 0.671. The molecular formula is C14H13N. The SMILES string of the molecule is CC1=C2C=CC=C2c2ccccc2CN1. The molecule has 74 valence electrons. The number of allylic oxidation sites excluding steroid dienone is 6. The average molecular weight is 195 g/mol. The summed E-state index contributed by atoms with van der Waals surface area (Å²) in [5, 5.41) is 3.46. The summed E-state index contributed by atoms with van der Waals surface area (Å²) in [6, 6.07) is 8.60. The van der Waals surface area contributed by atoms with Crippen molar-refractivity contribution in [2.75, 3.05) is 0 Å². The molecule has 0 saturated carbocycles. The lowest BCUT2D eigenvalue weighted by atomic mass is 9.97. The van der Waals surface area contributed by atoms with Crippen LogP contribution < -0.4 is 5.32 Å². The van der Waals surface area contributed by atoms with Gasteiger partial charge in [-0.2, -0.15) is 0 Å². The van der Waals surface area contributed by atoms with E-state index in [0.29, 0.717) is 0 Å². The third kappa shape index (κ3) is 1.23. The van der Waals surface area contributed by atoms with Gasteiger partial charge in [-0.3, -0.25) is 0 Å². The molecule has 1 nitrogen and oxygen atoms in total. The Labute approximate surface area is 89.8 Å². The van der Waals surface area contributed by atoms with Crippen LogP contribution in [0.1, 0.15) is 18.1 Å². The Hall–Kier alpha value is -1.76. The molecule has 2 aliphatic rings. The summed E-state index contributed by atoms with van der Waals surface area (Å²) in [6.45, 7) is 3.07. The van der Waals surface area contributed by atoms with E-state index in [0.717, 1.165) is 6.54 Å². The molecule has 0 aromatic heterocycles. The van der Waals surface area contributed by atoms with Gasteiger partial charge in [-0.05, 0) is 23.6 Å². The van der Waals surface area contributed by atoms with Crippen molar-refractivity contribution in [1.82, 2.24) is 5.32 Å². The van der Waals surface area contributed by atoms with Gasteiger partial charge in [-0.25, -0.2) is 0 Å². The molecule has 0 fully saturated rings. The van der Waals surface area contributed by atoms with Crippen LogP contribution in [0.3, 0.4) is 0 Å². The molecule has 3 rings (SSSR count). The number of fused-ring (bicyclic) bond motifs is 3. The van der Waals surface area contributed by atoms with E-state index < -0.39 is 0 Å². The average Bonchev–Trinajstić information content (AvgIpc) is 2.71. The van der Waals surface area contributed by atoms with Gasteiger partial charge in [-0.1, -0.05) is 42.5 Å². The Kier molecular flexibility index (Phi) is 1.78. The fraction of sp³-hybridized carbons (Fsp3) is 0.143. The van der Waals surface area contributed by atoms with Gasteiger partial charge in [0, 0.05) is 17.8 Å². The smallest absolute Gasteiger partial charge is 0.0404 e. The van der Waals surface area contributed by atoms with Crippen molar-refractivity contribution in [1.29, 1.82) is 0 Å². The van der Waals surface area contributed by atoms with Crippen LogP contribution in [0.25, 0.3) is 5.57 Å². The number of hydrogen-bond acceptors (Lipinski definition) is 1. The Balaban J connectivity index is 2.24. The summed E-state index contributed by atoms with van der Waals surface area (Å²) in [5.41, 5.74) is 6.70. The van der Waals surface area contributed by atoms with Crippen LogP contribution >= 0.6 is 0 Å². The third-order valence-electron chi connectivity index (χ3n) is 3.07. The summed E-state index contributed by atoms with van der Waals surface area (Å²) in [7, 11) is 0. The first-order chi connectivity index (χ1) is 7.36. The first-order valence-electron chi connectivity index (χ1n) is 5.28. The van der Waals surface area contributed by atoms with Crippen molar-refractivity contribution in [3.05, 3.63) is 64.9 Å². The number of hydrogen-bond donors (Lipinski definition) is 1. The zero-order valence-electron chi connectivity index (χ0n) is 8.75. The number of rotatable bonds is 0. The van der Waals surface area contributed by atoms with Crippen molar-refractivity contribution < 1.29 is 0 Å². The first-order valence-corrected chi connectivity index (χ1v) is 5.28. The normalized spacial score (nSPS) is 17.8. The minimum atomic E-state index is 0.927. The van der Waals surface area contributed by atoms with E-state index in [2.05, 4.69) is 54.7 Å². The summed E-state index contributed by atoms with van der Waals surface area (Å²) in [5.74, 6) is 0. The highest BCUT2D eigenvalue weighted by Gasteiger charge is 2.17. The summed E-state index contributed by atoms with van der Waals surface area (Å²) >= 11 is 0. The highest BCUT2D eigenvalue weighted by Crippen LogP contribution is 2.34. The topological polar surface area (TPSA) is 12.0 Å². The van der Waals surface area contributed by atoms with E-state index in [1.807, 2.05) is 0 Å². The largest absolute Gasteiger partial charge is 0.384 e. The molecule has 1 aromatic carbocycles. The highest BCUT2D eigenvalue weighted by molar-refractivity contribution is 5.88. The molecule has 0 radical (unpaired) electrons. The lowest BCUT2D eigenvalue weighted by Gasteiger charge is -2.06. The monoisotopic (exact) mass is 195 g/mol. The maximum Gasteiger partial charge on any atom is 0.0404 e. The molecule has 0 spiro atoms. The minimum Gasteiger partial charge on any atom is -0.384 e. The van der Waals surface area contributed by atoms with Gasteiger partial charge in [0.25, 0.3) is 0 Å². The van der Waals surface area contributed by atoms with Crippen LogP contribution in [0.2, 0.25) is 0 Å². The molecule has 0 amide bonds. The van der Waals surface area contributed by atoms with Crippen molar-refractivity contribution >= 4 is 5.57 Å². The number of benzene rings is 1. The van der Waals surface area contributed by atoms with E-state index in [-0.39, 0.29) is 0 Å². The molecule has 0 saturated heterocycles. The van der Waals surface area contributed by atoms with Gasteiger partial charge < -0.3 is 5.32 Å². The number of nitrogens with one attached hydrogen (secondary N) is 1. The van der Waals surface area contributed by atoms with Crippen LogP contribution in [0.5, 0.6) is 0 Å². The summed E-state index contributed by atoms with van der Waals surface area (Å²) in [4.78, 5) is 0. The Morgan fingerprint density at radius 3 is 3.00 bits per heavy atom. The second-order valence-electron chi connectivity index (χ2n) is 3.99. The molecule has 1 heterocycles. The zero-order chi connectivity index (χ0) is 10.3. The van der Waals surface area contributed by atoms with Gasteiger partial charge in [0.05, 0.1) is 0 Å². The molecule has 0 bridgehead atoms. The van der Waals surface area contributed by atoms with Crippen molar-refractivity contribution in [2.45, 2.75) is 13.5 Å². The van der Waals surface area contributed by atoms with Gasteiger partial charge in [0.15, 0.2) is 0 Å². The second kappa shape index (κ2) is 3.13. The predicted molar refractivity (Wildman–Crippen MR) is 63.1 cm³/mol. The Morgan fingerprint density at radius 1 is 1.20 bits per heavy atom. The van der Waals surface area contributed by atoms with Crippen molar-refractivity contribution in [3.63, 3.8) is 0 Å². The highest BCUT2D eigenvalue weighted by atomic mass is 14.9. The van der Waals surface area contributed by atoms with Crippen LogP contribution in [0.4, 0.5) is 0 Å². The maximum absolute atomic E-state index is 3.46. The third-order valence-corrected chi connectivity index (χ3v) is 3.07. The summed E-state index contributed by atoms with van der Waals surface area (Å²) in [6.07, 6.45) is 6.50. The standard InChI is InChI=1S/C14H13N/c1-10-12-7-4-8-14(12)13-6-3-2-5-11(13)9-15-10/h2-8,15H,9H2,1H3. The van der Waals surface area contributed by atoms with Gasteiger partial charge in [-0.15, -0.1) is 0 Å². The van der Waals surface area contributed by atoms with Crippen LogP contribution in [-0.2, 0) is 6.54 Å². The zero-order valence-corrected chi connectivity index (χ0v) is 8.75. The van der Waals surface area contributed by atoms with Gasteiger partial charge in [0.2, 0.25) is 0 Å². The molecule has 1 N–H and O–H groups in total. The molecule has 15 heavy (non-hydrogen) atoms. The fourth-order valence-corrected chi connectivity index (χ4v) is 2.24. The van der Waals surface area contributed by atoms with Gasteiger partial charge >= 0.3 is 0 Å². The minimum absolute atomic E-state index is 0.927. The van der Waals surface area contributed by atoms with E-state index >= 15 is 0 Å². The van der Waals surface area contributed by atoms with Crippen LogP contribution in [0, 0.1) is 0 Å². The van der Waals surface area contributed by atoms with E-state index in [1.54, 1.807) is 0 Å². The maximum atomic E-state index is 3.46. The molecule has 1 heteroatoms. The van der Waals surface area contributed by atoms with Crippen molar-refractivity contribution in [2.24, 2.45) is 0 Å².